The third-order valence-electron chi connectivity index (χ3n) is 5.55. The van der Waals surface area contributed by atoms with E-state index in [0.717, 1.165) is 31.8 Å². The van der Waals surface area contributed by atoms with Gasteiger partial charge in [-0.2, -0.15) is 0 Å². The van der Waals surface area contributed by atoms with Crippen LogP contribution in [0, 0.1) is 27.7 Å². The second-order valence-electron chi connectivity index (χ2n) is 7.83. The zero-order valence-electron chi connectivity index (χ0n) is 19.0. The molecule has 0 aliphatic carbocycles. The zero-order chi connectivity index (χ0) is 23.2. The summed E-state index contributed by atoms with van der Waals surface area (Å²) in [6, 6.07) is 7.96. The van der Waals surface area contributed by atoms with E-state index in [-0.39, 0.29) is 5.91 Å². The second kappa shape index (κ2) is 8.27. The molecule has 8 heteroatoms. The number of aryl methyl sites for hydroxylation is 4. The molecule has 7 nitrogen and oxygen atoms in total. The lowest BCUT2D eigenvalue weighted by molar-refractivity contribution is -0.114. The van der Waals surface area contributed by atoms with E-state index in [1.165, 1.54) is 14.0 Å². The highest BCUT2D eigenvalue weighted by Gasteiger charge is 2.28. The van der Waals surface area contributed by atoms with E-state index in [1.807, 2.05) is 56.5 Å². The predicted molar refractivity (Wildman–Crippen MR) is 125 cm³/mol. The van der Waals surface area contributed by atoms with E-state index in [4.69, 9.17) is 14.1 Å². The van der Waals surface area contributed by atoms with Crippen LogP contribution in [0.2, 0.25) is 0 Å². The van der Waals surface area contributed by atoms with E-state index < -0.39 is 5.97 Å². The van der Waals surface area contributed by atoms with Crippen molar-refractivity contribution in [2.45, 2.75) is 41.2 Å². The van der Waals surface area contributed by atoms with Crippen molar-refractivity contribution in [3.05, 3.63) is 57.4 Å². The Morgan fingerprint density at radius 3 is 2.47 bits per heavy atom. The number of hydrogen-bond donors (Lipinski definition) is 1. The number of ether oxygens (including phenoxy) is 1. The molecular weight excluding hydrogens is 426 g/mol. The molecule has 0 unspecified atom stereocenters. The molecule has 0 radical (unpaired) electrons. The number of hydrogen-bond acceptors (Lipinski definition) is 6. The molecule has 0 saturated carbocycles. The highest BCUT2D eigenvalue weighted by molar-refractivity contribution is 7.19. The van der Waals surface area contributed by atoms with Gasteiger partial charge in [0.1, 0.15) is 16.3 Å². The number of methoxy groups -OCH3 is 1. The van der Waals surface area contributed by atoms with Gasteiger partial charge in [-0.05, 0) is 45.4 Å². The van der Waals surface area contributed by atoms with Crippen LogP contribution in [-0.2, 0) is 16.1 Å². The van der Waals surface area contributed by atoms with Crippen LogP contribution < -0.4 is 5.32 Å². The van der Waals surface area contributed by atoms with Gasteiger partial charge in [0.25, 0.3) is 0 Å². The molecule has 3 aromatic heterocycles. The standard InChI is InChI=1S/C24H25N3O4S/c1-12-7-9-17(10-8-12)22-26-18(14(3)31-22)11-27-21(24(29)30-6)20(25-16(5)28)19-13(2)15(4)32-23(19)27/h7-10H,11H2,1-6H3,(H,25,28). The molecule has 0 atom stereocenters. The molecule has 0 bridgehead atoms. The quantitative estimate of drug-likeness (QED) is 0.412. The summed E-state index contributed by atoms with van der Waals surface area (Å²) in [6.07, 6.45) is 0. The first-order valence-corrected chi connectivity index (χ1v) is 11.0. The molecule has 1 aromatic carbocycles. The number of aromatic nitrogens is 2. The van der Waals surface area contributed by atoms with Gasteiger partial charge >= 0.3 is 5.97 Å². The number of nitrogens with one attached hydrogen (secondary N) is 1. The van der Waals surface area contributed by atoms with Crippen molar-refractivity contribution in [3.8, 4) is 11.5 Å². The normalized spacial score (nSPS) is 11.2. The number of amides is 1. The zero-order valence-corrected chi connectivity index (χ0v) is 19.8. The smallest absolute Gasteiger partial charge is 0.356 e. The highest BCUT2D eigenvalue weighted by Crippen LogP contribution is 2.41. The fourth-order valence-electron chi connectivity index (χ4n) is 3.75. The number of esters is 1. The average Bonchev–Trinajstić information content (AvgIpc) is 3.35. The lowest BCUT2D eigenvalue weighted by Gasteiger charge is -2.10. The van der Waals surface area contributed by atoms with Gasteiger partial charge < -0.3 is 19.0 Å². The molecule has 0 aliphatic rings. The van der Waals surface area contributed by atoms with E-state index in [2.05, 4.69) is 5.32 Å². The van der Waals surface area contributed by atoms with Crippen LogP contribution in [0.4, 0.5) is 5.69 Å². The first kappa shape index (κ1) is 21.8. The fourth-order valence-corrected chi connectivity index (χ4v) is 4.92. The molecular formula is C24H25N3O4S. The van der Waals surface area contributed by atoms with Crippen molar-refractivity contribution >= 4 is 39.1 Å². The maximum absolute atomic E-state index is 12.8. The van der Waals surface area contributed by atoms with Gasteiger partial charge in [0.2, 0.25) is 11.8 Å². The van der Waals surface area contributed by atoms with Crippen molar-refractivity contribution in [2.75, 3.05) is 12.4 Å². The van der Waals surface area contributed by atoms with Crippen molar-refractivity contribution in [3.63, 3.8) is 0 Å². The van der Waals surface area contributed by atoms with Crippen LogP contribution in [0.3, 0.4) is 0 Å². The van der Waals surface area contributed by atoms with E-state index >= 15 is 0 Å². The minimum absolute atomic E-state index is 0.253. The molecule has 4 rings (SSSR count). The summed E-state index contributed by atoms with van der Waals surface area (Å²) in [5.41, 5.74) is 4.55. The summed E-state index contributed by atoms with van der Waals surface area (Å²) in [6.45, 7) is 9.63. The Morgan fingerprint density at radius 2 is 1.84 bits per heavy atom. The number of anilines is 1. The lowest BCUT2D eigenvalue weighted by Crippen LogP contribution is -2.16. The lowest BCUT2D eigenvalue weighted by atomic mass is 10.1. The van der Waals surface area contributed by atoms with E-state index in [0.29, 0.717) is 35.3 Å². The number of nitrogens with zero attached hydrogens (tertiary/aromatic N) is 2. The molecule has 0 saturated heterocycles. The van der Waals surface area contributed by atoms with Crippen molar-refractivity contribution < 1.29 is 18.7 Å². The van der Waals surface area contributed by atoms with Crippen LogP contribution >= 0.6 is 11.3 Å². The maximum Gasteiger partial charge on any atom is 0.356 e. The summed E-state index contributed by atoms with van der Waals surface area (Å²) in [5.74, 6) is 0.427. The van der Waals surface area contributed by atoms with Gasteiger partial charge in [-0.15, -0.1) is 11.3 Å². The number of thiophene rings is 1. The Hall–Kier alpha value is -3.39. The van der Waals surface area contributed by atoms with Crippen LogP contribution in [-0.4, -0.2) is 28.5 Å². The van der Waals surface area contributed by atoms with Gasteiger partial charge in [0, 0.05) is 22.8 Å². The van der Waals surface area contributed by atoms with Gasteiger partial charge in [-0.25, -0.2) is 9.78 Å². The Kier molecular flexibility index (Phi) is 5.64. The maximum atomic E-state index is 12.8. The SMILES string of the molecule is COC(=O)c1c(NC(C)=O)c2c(C)c(C)sc2n1Cc1nc(-c2ccc(C)cc2)oc1C. The van der Waals surface area contributed by atoms with Crippen molar-refractivity contribution in [1.29, 1.82) is 0 Å². The Bertz CT molecular complexity index is 1340. The second-order valence-corrected chi connectivity index (χ2v) is 9.04. The van der Waals surface area contributed by atoms with Crippen LogP contribution in [0.1, 0.15) is 44.9 Å². The van der Waals surface area contributed by atoms with E-state index in [9.17, 15) is 9.59 Å². The molecule has 0 aliphatic heterocycles. The number of benzene rings is 1. The topological polar surface area (TPSA) is 86.4 Å². The number of rotatable bonds is 5. The van der Waals surface area contributed by atoms with Crippen LogP contribution in [0.15, 0.2) is 28.7 Å². The van der Waals surface area contributed by atoms with Gasteiger partial charge in [0.15, 0.2) is 5.69 Å². The molecule has 166 valence electrons. The molecule has 1 N–H and O–H groups in total. The minimum Gasteiger partial charge on any atom is -0.464 e. The largest absolute Gasteiger partial charge is 0.464 e. The van der Waals surface area contributed by atoms with E-state index in [1.54, 1.807) is 11.3 Å². The Morgan fingerprint density at radius 1 is 1.16 bits per heavy atom. The van der Waals surface area contributed by atoms with Gasteiger partial charge in [0.05, 0.1) is 19.3 Å². The molecule has 4 aromatic rings. The molecule has 0 spiro atoms. The van der Waals surface area contributed by atoms with Gasteiger partial charge in [-0.1, -0.05) is 17.7 Å². The highest BCUT2D eigenvalue weighted by atomic mass is 32.1. The predicted octanol–water partition coefficient (Wildman–Crippen LogP) is 5.38. The summed E-state index contributed by atoms with van der Waals surface area (Å²) in [5, 5.41) is 3.70. The first-order chi connectivity index (χ1) is 15.2. The fraction of sp³-hybridized carbons (Fsp3) is 0.292. The average molecular weight is 452 g/mol. The summed E-state index contributed by atoms with van der Waals surface area (Å²) < 4.78 is 12.9. The molecule has 1 amide bonds. The van der Waals surface area contributed by atoms with Crippen LogP contribution in [0.25, 0.3) is 21.7 Å². The summed E-state index contributed by atoms with van der Waals surface area (Å²) in [4.78, 5) is 31.5. The first-order valence-electron chi connectivity index (χ1n) is 10.2. The van der Waals surface area contributed by atoms with Crippen molar-refractivity contribution in [2.24, 2.45) is 0 Å². The van der Waals surface area contributed by atoms with Gasteiger partial charge in [-0.3, -0.25) is 4.79 Å². The molecule has 32 heavy (non-hydrogen) atoms. The number of carbonyl (C=O) groups is 2. The number of carbonyl (C=O) groups excluding carboxylic acids is 2. The summed E-state index contributed by atoms with van der Waals surface area (Å²) >= 11 is 1.57. The number of oxazole rings is 1. The summed E-state index contributed by atoms with van der Waals surface area (Å²) in [7, 11) is 1.33. The third-order valence-corrected chi connectivity index (χ3v) is 6.78. The Balaban J connectivity index is 1.88. The third kappa shape index (κ3) is 3.71. The Labute approximate surface area is 190 Å². The van der Waals surface area contributed by atoms with Crippen molar-refractivity contribution in [1.82, 2.24) is 9.55 Å². The molecule has 3 heterocycles. The monoisotopic (exact) mass is 451 g/mol. The van der Waals surface area contributed by atoms with Crippen LogP contribution in [0.5, 0.6) is 0 Å². The minimum atomic E-state index is -0.519. The molecule has 0 fully saturated rings. The number of fused-ring (bicyclic) bond motifs is 1.